The summed E-state index contributed by atoms with van der Waals surface area (Å²) in [4.78, 5) is 10.1. The van der Waals surface area contributed by atoms with Crippen LogP contribution in [0.25, 0.3) is 0 Å². The maximum atomic E-state index is 12.5. The van der Waals surface area contributed by atoms with E-state index in [9.17, 15) is 13.6 Å². The van der Waals surface area contributed by atoms with Gasteiger partial charge in [0.25, 0.3) is 5.91 Å². The first kappa shape index (κ1) is 10.3. The van der Waals surface area contributed by atoms with Gasteiger partial charge in [0.05, 0.1) is 6.04 Å². The second-order valence-corrected chi connectivity index (χ2v) is 2.38. The summed E-state index contributed by atoms with van der Waals surface area (Å²) in [6.07, 6.45) is 0.597. The lowest BCUT2D eigenvalue weighted by Gasteiger charge is -2.19. The number of halogens is 2. The Hall–Kier alpha value is -0.710. The molecule has 0 saturated carbocycles. The van der Waals surface area contributed by atoms with Gasteiger partial charge in [0.2, 0.25) is 0 Å². The minimum absolute atomic E-state index is 0.0932. The van der Waals surface area contributed by atoms with Crippen LogP contribution in [-0.4, -0.2) is 17.9 Å². The van der Waals surface area contributed by atoms with Crippen LogP contribution in [-0.2, 0) is 4.79 Å². The average Bonchev–Trinajstić information content (AvgIpc) is 1.88. The van der Waals surface area contributed by atoms with Crippen LogP contribution in [0.1, 0.15) is 19.8 Å². The van der Waals surface area contributed by atoms with Crippen molar-refractivity contribution in [2.75, 3.05) is 0 Å². The number of primary amides is 1. The number of alkyl halides is 2. The van der Waals surface area contributed by atoms with Crippen LogP contribution in [0.5, 0.6) is 0 Å². The van der Waals surface area contributed by atoms with Gasteiger partial charge in [0.15, 0.2) is 0 Å². The fourth-order valence-electron chi connectivity index (χ4n) is 0.675. The maximum absolute atomic E-state index is 12.5. The van der Waals surface area contributed by atoms with E-state index in [1.54, 1.807) is 6.92 Å². The summed E-state index contributed by atoms with van der Waals surface area (Å²) >= 11 is 0. The molecular weight excluding hydrogens is 154 g/mol. The SMILES string of the molecule is CCCC(N)C(F)(F)C(N)=O. The zero-order valence-corrected chi connectivity index (χ0v) is 6.31. The van der Waals surface area contributed by atoms with Crippen LogP contribution in [0.3, 0.4) is 0 Å². The standard InChI is InChI=1S/C6H12F2N2O/c1-2-3-4(9)6(7,8)5(10)11/h4H,2-3,9H2,1H3,(H2,10,11). The molecule has 0 aliphatic heterocycles. The topological polar surface area (TPSA) is 69.1 Å². The molecule has 11 heavy (non-hydrogen) atoms. The largest absolute Gasteiger partial charge is 0.364 e. The molecule has 0 aliphatic rings. The Balaban J connectivity index is 4.17. The molecule has 0 aliphatic carbocycles. The van der Waals surface area contributed by atoms with E-state index < -0.39 is 17.9 Å². The van der Waals surface area contributed by atoms with Crippen LogP contribution < -0.4 is 11.5 Å². The van der Waals surface area contributed by atoms with Gasteiger partial charge >= 0.3 is 5.92 Å². The molecule has 3 nitrogen and oxygen atoms in total. The molecule has 0 radical (unpaired) electrons. The van der Waals surface area contributed by atoms with Crippen LogP contribution in [0, 0.1) is 0 Å². The highest BCUT2D eigenvalue weighted by Gasteiger charge is 2.42. The van der Waals surface area contributed by atoms with E-state index in [1.807, 2.05) is 0 Å². The molecule has 1 atom stereocenters. The van der Waals surface area contributed by atoms with Gasteiger partial charge < -0.3 is 11.5 Å². The predicted octanol–water partition coefficient (Wildman–Crippen LogP) is 0.234. The summed E-state index contributed by atoms with van der Waals surface area (Å²) in [5.74, 6) is -5.23. The van der Waals surface area contributed by atoms with Gasteiger partial charge in [0.1, 0.15) is 0 Å². The van der Waals surface area contributed by atoms with Crippen LogP contribution in [0.2, 0.25) is 0 Å². The summed E-state index contributed by atoms with van der Waals surface area (Å²) < 4.78 is 25.1. The molecule has 4 N–H and O–H groups in total. The Morgan fingerprint density at radius 2 is 2.09 bits per heavy atom. The van der Waals surface area contributed by atoms with E-state index in [-0.39, 0.29) is 6.42 Å². The zero-order valence-electron chi connectivity index (χ0n) is 6.31. The van der Waals surface area contributed by atoms with Gasteiger partial charge in [-0.1, -0.05) is 13.3 Å². The number of amides is 1. The van der Waals surface area contributed by atoms with Gasteiger partial charge in [0, 0.05) is 0 Å². The second-order valence-electron chi connectivity index (χ2n) is 2.38. The highest BCUT2D eigenvalue weighted by Crippen LogP contribution is 2.19. The van der Waals surface area contributed by atoms with Crippen LogP contribution >= 0.6 is 0 Å². The molecule has 0 rings (SSSR count). The molecule has 0 aromatic heterocycles. The van der Waals surface area contributed by atoms with Crippen molar-refractivity contribution in [2.24, 2.45) is 11.5 Å². The van der Waals surface area contributed by atoms with Crippen molar-refractivity contribution in [2.45, 2.75) is 31.7 Å². The smallest absolute Gasteiger partial charge is 0.338 e. The highest BCUT2D eigenvalue weighted by molar-refractivity contribution is 5.82. The summed E-state index contributed by atoms with van der Waals surface area (Å²) in [5, 5.41) is 0. The number of carbonyl (C=O) groups excluding carboxylic acids is 1. The Kier molecular flexibility index (Phi) is 3.38. The molecule has 0 heterocycles. The second kappa shape index (κ2) is 3.61. The van der Waals surface area contributed by atoms with Gasteiger partial charge in [-0.25, -0.2) is 0 Å². The molecule has 0 aromatic carbocycles. The molecule has 0 bridgehead atoms. The van der Waals surface area contributed by atoms with Crippen molar-refractivity contribution in [1.29, 1.82) is 0 Å². The van der Waals surface area contributed by atoms with Crippen LogP contribution in [0.15, 0.2) is 0 Å². The molecule has 0 saturated heterocycles. The van der Waals surface area contributed by atoms with Gasteiger partial charge in [-0.3, -0.25) is 4.79 Å². The quantitative estimate of drug-likeness (QED) is 0.627. The lowest BCUT2D eigenvalue weighted by Crippen LogP contribution is -2.50. The van der Waals surface area contributed by atoms with Crippen molar-refractivity contribution >= 4 is 5.91 Å². The number of rotatable bonds is 4. The molecule has 0 aromatic rings. The van der Waals surface area contributed by atoms with Crippen molar-refractivity contribution < 1.29 is 13.6 Å². The van der Waals surface area contributed by atoms with Gasteiger partial charge in [-0.05, 0) is 6.42 Å². The fourth-order valence-corrected chi connectivity index (χ4v) is 0.675. The normalized spacial score (nSPS) is 14.5. The van der Waals surface area contributed by atoms with E-state index in [0.717, 1.165) is 0 Å². The van der Waals surface area contributed by atoms with E-state index in [2.05, 4.69) is 5.73 Å². The molecule has 5 heteroatoms. The van der Waals surface area contributed by atoms with E-state index in [4.69, 9.17) is 5.73 Å². The number of nitrogens with two attached hydrogens (primary N) is 2. The third-order valence-corrected chi connectivity index (χ3v) is 1.39. The van der Waals surface area contributed by atoms with Crippen molar-refractivity contribution in [3.63, 3.8) is 0 Å². The molecule has 1 unspecified atom stereocenters. The number of hydrogen-bond acceptors (Lipinski definition) is 2. The van der Waals surface area contributed by atoms with Crippen molar-refractivity contribution in [1.82, 2.24) is 0 Å². The third-order valence-electron chi connectivity index (χ3n) is 1.39. The fraction of sp³-hybridized carbons (Fsp3) is 0.833. The minimum atomic E-state index is -3.57. The third kappa shape index (κ3) is 2.42. The Labute approximate surface area is 63.7 Å². The first-order valence-corrected chi connectivity index (χ1v) is 3.36. The maximum Gasteiger partial charge on any atom is 0.338 e. The number of hydrogen-bond donors (Lipinski definition) is 2. The van der Waals surface area contributed by atoms with E-state index in [1.165, 1.54) is 0 Å². The first-order chi connectivity index (χ1) is 4.92. The molecule has 0 spiro atoms. The highest BCUT2D eigenvalue weighted by atomic mass is 19.3. The monoisotopic (exact) mass is 166 g/mol. The van der Waals surface area contributed by atoms with E-state index in [0.29, 0.717) is 6.42 Å². The number of carbonyl (C=O) groups is 1. The van der Waals surface area contributed by atoms with Crippen LogP contribution in [0.4, 0.5) is 8.78 Å². The molecular formula is C6H12F2N2O. The Morgan fingerprint density at radius 1 is 1.64 bits per heavy atom. The Bertz CT molecular complexity index is 150. The van der Waals surface area contributed by atoms with Gasteiger partial charge in [-0.2, -0.15) is 8.78 Å². The zero-order chi connectivity index (χ0) is 9.07. The van der Waals surface area contributed by atoms with Crippen molar-refractivity contribution in [3.8, 4) is 0 Å². The summed E-state index contributed by atoms with van der Waals surface area (Å²) in [6.45, 7) is 1.71. The van der Waals surface area contributed by atoms with Gasteiger partial charge in [-0.15, -0.1) is 0 Å². The molecule has 0 fully saturated rings. The van der Waals surface area contributed by atoms with E-state index >= 15 is 0 Å². The summed E-state index contributed by atoms with van der Waals surface area (Å²) in [7, 11) is 0. The lowest BCUT2D eigenvalue weighted by atomic mass is 10.1. The predicted molar refractivity (Wildman–Crippen MR) is 37.0 cm³/mol. The average molecular weight is 166 g/mol. The molecule has 66 valence electrons. The minimum Gasteiger partial charge on any atom is -0.364 e. The summed E-state index contributed by atoms with van der Waals surface area (Å²) in [5.41, 5.74) is 9.44. The van der Waals surface area contributed by atoms with Crippen molar-refractivity contribution in [3.05, 3.63) is 0 Å². The molecule has 1 amide bonds. The Morgan fingerprint density at radius 3 is 2.36 bits per heavy atom. The summed E-state index contributed by atoms with van der Waals surface area (Å²) in [6, 6.07) is -1.45. The first-order valence-electron chi connectivity index (χ1n) is 3.36. The lowest BCUT2D eigenvalue weighted by molar-refractivity contribution is -0.145.